The number of unbranched alkanes of at least 4 members (excludes halogenated alkanes) is 2. The van der Waals surface area contributed by atoms with Crippen LogP contribution in [-0.4, -0.2) is 21.8 Å². The van der Waals surface area contributed by atoms with E-state index in [1.165, 1.54) is 11.3 Å². The Hall–Kier alpha value is -1.69. The molecular weight excluding hydrogens is 284 g/mol. The number of rotatable bonds is 6. The van der Waals surface area contributed by atoms with E-state index >= 15 is 0 Å². The molecule has 0 unspecified atom stereocenters. The van der Waals surface area contributed by atoms with Crippen LogP contribution < -0.4 is 10.9 Å². The van der Waals surface area contributed by atoms with Crippen molar-refractivity contribution < 1.29 is 0 Å². The van der Waals surface area contributed by atoms with Gasteiger partial charge in [-0.1, -0.05) is 31.1 Å². The van der Waals surface area contributed by atoms with Gasteiger partial charge >= 0.3 is 0 Å². The zero-order chi connectivity index (χ0) is 15.4. The highest BCUT2D eigenvalue weighted by atomic mass is 32.1. The largest absolute Gasteiger partial charge is 0.363 e. The zero-order valence-corrected chi connectivity index (χ0v) is 13.9. The second-order valence-electron chi connectivity index (χ2n) is 5.17. The monoisotopic (exact) mass is 306 g/mol. The van der Waals surface area contributed by atoms with Crippen LogP contribution in [0.2, 0.25) is 0 Å². The minimum atomic E-state index is 0.0439. The van der Waals surface area contributed by atoms with Crippen LogP contribution in [-0.2, 0) is 6.54 Å². The van der Waals surface area contributed by atoms with Crippen molar-refractivity contribution in [2.24, 2.45) is 0 Å². The molecule has 5 nitrogen and oxygen atoms in total. The Kier molecular flexibility index (Phi) is 5.12. The topological polar surface area (TPSA) is 59.8 Å². The van der Waals surface area contributed by atoms with Crippen molar-refractivity contribution in [3.05, 3.63) is 27.7 Å². The van der Waals surface area contributed by atoms with Crippen LogP contribution in [0.5, 0.6) is 0 Å². The molecule has 0 radical (unpaired) electrons. The van der Waals surface area contributed by atoms with Crippen molar-refractivity contribution in [2.45, 2.75) is 46.6 Å². The quantitative estimate of drug-likeness (QED) is 0.833. The predicted octanol–water partition coefficient (Wildman–Crippen LogP) is 3.22. The first-order chi connectivity index (χ1) is 10.1. The first-order valence-electron chi connectivity index (χ1n) is 7.31. The van der Waals surface area contributed by atoms with Crippen LogP contribution >= 0.6 is 11.3 Å². The number of hydrogen-bond acceptors (Lipinski definition) is 5. The summed E-state index contributed by atoms with van der Waals surface area (Å²) in [7, 11) is 1.80. The van der Waals surface area contributed by atoms with Gasteiger partial charge in [-0.15, -0.1) is 10.2 Å². The summed E-state index contributed by atoms with van der Waals surface area (Å²) in [4.78, 5) is 12.8. The van der Waals surface area contributed by atoms with E-state index in [4.69, 9.17) is 0 Å². The molecule has 2 rings (SSSR count). The van der Waals surface area contributed by atoms with E-state index in [1.54, 1.807) is 7.05 Å². The maximum absolute atomic E-state index is 12.8. The van der Waals surface area contributed by atoms with Crippen LogP contribution in [0, 0.1) is 13.8 Å². The standard InChI is InChI=1S/C15H22N4OS/c1-5-6-7-8-19-11(3)9-10(2)12(14(19)20)13-17-18-15(16-4)21-13/h9H,5-8H2,1-4H3,(H,16,18). The van der Waals surface area contributed by atoms with Gasteiger partial charge < -0.3 is 9.88 Å². The van der Waals surface area contributed by atoms with Gasteiger partial charge in [-0.25, -0.2) is 0 Å². The normalized spacial score (nSPS) is 10.9. The van der Waals surface area contributed by atoms with Gasteiger partial charge in [-0.2, -0.15) is 0 Å². The molecule has 0 aliphatic heterocycles. The number of nitrogens with one attached hydrogen (secondary N) is 1. The molecule has 2 aromatic heterocycles. The summed E-state index contributed by atoms with van der Waals surface area (Å²) in [5.41, 5.74) is 2.69. The Balaban J connectivity index is 2.45. The van der Waals surface area contributed by atoms with E-state index in [-0.39, 0.29) is 5.56 Å². The highest BCUT2D eigenvalue weighted by molar-refractivity contribution is 7.18. The lowest BCUT2D eigenvalue weighted by Crippen LogP contribution is -2.25. The molecule has 0 aliphatic rings. The Morgan fingerprint density at radius 2 is 2.05 bits per heavy atom. The van der Waals surface area contributed by atoms with Crippen LogP contribution in [0.4, 0.5) is 5.13 Å². The molecule has 114 valence electrons. The zero-order valence-electron chi connectivity index (χ0n) is 13.1. The maximum Gasteiger partial charge on any atom is 0.261 e. The fourth-order valence-electron chi connectivity index (χ4n) is 2.41. The molecule has 2 heterocycles. The summed E-state index contributed by atoms with van der Waals surface area (Å²) in [6.45, 7) is 6.88. The summed E-state index contributed by atoms with van der Waals surface area (Å²) in [5.74, 6) is 0. The van der Waals surface area contributed by atoms with Crippen LogP contribution in [0.3, 0.4) is 0 Å². The molecule has 0 fully saturated rings. The Bertz CT molecular complexity index is 675. The summed E-state index contributed by atoms with van der Waals surface area (Å²) >= 11 is 1.41. The molecule has 2 aromatic rings. The lowest BCUT2D eigenvalue weighted by Gasteiger charge is -2.13. The third kappa shape index (κ3) is 3.32. The Morgan fingerprint density at radius 3 is 2.67 bits per heavy atom. The molecule has 1 N–H and O–H groups in total. The summed E-state index contributed by atoms with van der Waals surface area (Å²) in [5, 5.41) is 12.5. The van der Waals surface area contributed by atoms with Gasteiger partial charge in [0, 0.05) is 19.3 Å². The highest BCUT2D eigenvalue weighted by Gasteiger charge is 2.16. The molecule has 0 aromatic carbocycles. The van der Waals surface area contributed by atoms with Gasteiger partial charge in [-0.3, -0.25) is 4.79 Å². The number of aryl methyl sites for hydroxylation is 2. The van der Waals surface area contributed by atoms with E-state index in [0.29, 0.717) is 10.6 Å². The van der Waals surface area contributed by atoms with Crippen molar-refractivity contribution in [1.82, 2.24) is 14.8 Å². The minimum Gasteiger partial charge on any atom is -0.363 e. The van der Waals surface area contributed by atoms with Crippen LogP contribution in [0.25, 0.3) is 10.6 Å². The number of pyridine rings is 1. The van der Waals surface area contributed by atoms with Crippen molar-refractivity contribution in [1.29, 1.82) is 0 Å². The van der Waals surface area contributed by atoms with Crippen LogP contribution in [0.15, 0.2) is 10.9 Å². The average Bonchev–Trinajstić information content (AvgIpc) is 2.91. The number of aromatic nitrogens is 3. The number of nitrogens with zero attached hydrogens (tertiary/aromatic N) is 3. The highest BCUT2D eigenvalue weighted by Crippen LogP contribution is 2.26. The third-order valence-corrected chi connectivity index (χ3v) is 4.50. The Morgan fingerprint density at radius 1 is 1.29 bits per heavy atom. The van der Waals surface area contributed by atoms with E-state index in [2.05, 4.69) is 28.5 Å². The SMILES string of the molecule is CCCCCn1c(C)cc(C)c(-c2nnc(NC)s2)c1=O. The fourth-order valence-corrected chi connectivity index (χ4v) is 3.21. The number of hydrogen-bond donors (Lipinski definition) is 1. The molecule has 6 heteroatoms. The van der Waals surface area contributed by atoms with Crippen molar-refractivity contribution in [3.63, 3.8) is 0 Å². The van der Waals surface area contributed by atoms with Crippen molar-refractivity contribution >= 4 is 16.5 Å². The van der Waals surface area contributed by atoms with Crippen molar-refractivity contribution in [2.75, 3.05) is 12.4 Å². The van der Waals surface area contributed by atoms with Gasteiger partial charge in [0.2, 0.25) is 5.13 Å². The van der Waals surface area contributed by atoms with E-state index < -0.39 is 0 Å². The van der Waals surface area contributed by atoms with Gasteiger partial charge in [-0.05, 0) is 31.9 Å². The third-order valence-electron chi connectivity index (χ3n) is 3.54. The first-order valence-corrected chi connectivity index (χ1v) is 8.12. The van der Waals surface area contributed by atoms with E-state index in [1.807, 2.05) is 18.4 Å². The van der Waals surface area contributed by atoms with E-state index in [9.17, 15) is 4.79 Å². The van der Waals surface area contributed by atoms with Crippen LogP contribution in [0.1, 0.15) is 37.4 Å². The lowest BCUT2D eigenvalue weighted by molar-refractivity contribution is 0.576. The predicted molar refractivity (Wildman–Crippen MR) is 88.2 cm³/mol. The molecule has 0 bridgehead atoms. The molecule has 0 atom stereocenters. The number of anilines is 1. The van der Waals surface area contributed by atoms with Gasteiger partial charge in [0.1, 0.15) is 0 Å². The molecule has 0 spiro atoms. The first kappa shape index (κ1) is 15.7. The summed E-state index contributed by atoms with van der Waals surface area (Å²) < 4.78 is 1.86. The van der Waals surface area contributed by atoms with E-state index in [0.717, 1.165) is 42.2 Å². The summed E-state index contributed by atoms with van der Waals surface area (Å²) in [6, 6.07) is 2.06. The second-order valence-corrected chi connectivity index (χ2v) is 6.15. The molecule has 0 saturated carbocycles. The van der Waals surface area contributed by atoms with Gasteiger partial charge in [0.15, 0.2) is 5.01 Å². The molecule has 0 aliphatic carbocycles. The minimum absolute atomic E-state index is 0.0439. The van der Waals surface area contributed by atoms with Gasteiger partial charge in [0.25, 0.3) is 5.56 Å². The average molecular weight is 306 g/mol. The van der Waals surface area contributed by atoms with Crippen molar-refractivity contribution in [3.8, 4) is 10.6 Å². The molecule has 0 saturated heterocycles. The molecular formula is C15H22N4OS. The maximum atomic E-state index is 12.8. The van der Waals surface area contributed by atoms with Gasteiger partial charge in [0.05, 0.1) is 5.56 Å². The summed E-state index contributed by atoms with van der Waals surface area (Å²) in [6.07, 6.45) is 3.31. The lowest BCUT2D eigenvalue weighted by atomic mass is 10.1. The molecule has 21 heavy (non-hydrogen) atoms. The second kappa shape index (κ2) is 6.85. The smallest absolute Gasteiger partial charge is 0.261 e. The molecule has 0 amide bonds. The fraction of sp³-hybridized carbons (Fsp3) is 0.533. The Labute approximate surface area is 129 Å².